The lowest BCUT2D eigenvalue weighted by atomic mass is 10.1. The second-order valence-corrected chi connectivity index (χ2v) is 7.95. The highest BCUT2D eigenvalue weighted by molar-refractivity contribution is 7.91. The first-order valence-corrected chi connectivity index (χ1v) is 9.43. The second-order valence-electron chi connectivity index (χ2n) is 5.72. The molecule has 5 nitrogen and oxygen atoms in total. The van der Waals surface area contributed by atoms with E-state index < -0.39 is 9.84 Å². The van der Waals surface area contributed by atoms with Crippen LogP contribution in [-0.2, 0) is 22.9 Å². The number of nitrogens with zero attached hydrogens (tertiary/aromatic N) is 3. The molecule has 1 aromatic heterocycles. The van der Waals surface area contributed by atoms with E-state index in [4.69, 9.17) is 0 Å². The van der Waals surface area contributed by atoms with Crippen LogP contribution in [-0.4, -0.2) is 35.7 Å². The maximum Gasteiger partial charge on any atom is 0.152 e. The van der Waals surface area contributed by atoms with E-state index >= 15 is 0 Å². The van der Waals surface area contributed by atoms with Crippen LogP contribution in [0.3, 0.4) is 0 Å². The van der Waals surface area contributed by atoms with Crippen LogP contribution in [0.2, 0.25) is 0 Å². The molecular formula is C16H21N3O2S. The van der Waals surface area contributed by atoms with E-state index in [1.807, 2.05) is 42.2 Å². The summed E-state index contributed by atoms with van der Waals surface area (Å²) in [6.45, 7) is 3.55. The third-order valence-electron chi connectivity index (χ3n) is 4.12. The van der Waals surface area contributed by atoms with Gasteiger partial charge in [0.15, 0.2) is 9.84 Å². The van der Waals surface area contributed by atoms with Crippen molar-refractivity contribution in [1.29, 1.82) is 0 Å². The zero-order chi connectivity index (χ0) is 15.6. The van der Waals surface area contributed by atoms with Crippen molar-refractivity contribution in [3.8, 4) is 0 Å². The number of sulfone groups is 1. The van der Waals surface area contributed by atoms with Gasteiger partial charge in [-0.15, -0.1) is 0 Å². The normalized spacial score (nSPS) is 20.1. The molecule has 1 saturated heterocycles. The van der Waals surface area contributed by atoms with Crippen LogP contribution in [0, 0.1) is 0 Å². The summed E-state index contributed by atoms with van der Waals surface area (Å²) in [5.41, 5.74) is 2.17. The summed E-state index contributed by atoms with van der Waals surface area (Å²) in [5, 5.41) is 4.33. The number of rotatable bonds is 5. The standard InChI is InChI=1S/C16H21N3O2S/c1-2-18-12-16(10-17-18)19(11-14-6-4-3-5-7-14)15-8-9-22(20,21)13-15/h3-7,10,12,15H,2,8-9,11,13H2,1H3. The quantitative estimate of drug-likeness (QED) is 0.847. The van der Waals surface area contributed by atoms with Crippen molar-refractivity contribution in [1.82, 2.24) is 9.78 Å². The van der Waals surface area contributed by atoms with Crippen LogP contribution >= 0.6 is 0 Å². The smallest absolute Gasteiger partial charge is 0.152 e. The van der Waals surface area contributed by atoms with Gasteiger partial charge in [-0.3, -0.25) is 4.68 Å². The van der Waals surface area contributed by atoms with E-state index in [-0.39, 0.29) is 17.5 Å². The van der Waals surface area contributed by atoms with Gasteiger partial charge in [-0.2, -0.15) is 5.10 Å². The molecule has 2 heterocycles. The van der Waals surface area contributed by atoms with Gasteiger partial charge in [0.25, 0.3) is 0 Å². The van der Waals surface area contributed by atoms with Crippen LogP contribution < -0.4 is 4.90 Å². The lowest BCUT2D eigenvalue weighted by molar-refractivity contribution is 0.598. The summed E-state index contributed by atoms with van der Waals surface area (Å²) in [6, 6.07) is 10.2. The van der Waals surface area contributed by atoms with Crippen LogP contribution in [0.25, 0.3) is 0 Å². The predicted molar refractivity (Wildman–Crippen MR) is 87.6 cm³/mol. The van der Waals surface area contributed by atoms with Crippen molar-refractivity contribution in [3.05, 3.63) is 48.3 Å². The average molecular weight is 319 g/mol. The van der Waals surface area contributed by atoms with Crippen LogP contribution in [0.1, 0.15) is 18.9 Å². The molecule has 0 aliphatic carbocycles. The molecule has 0 amide bonds. The summed E-state index contributed by atoms with van der Waals surface area (Å²) in [5.74, 6) is 0.516. The van der Waals surface area contributed by atoms with Gasteiger partial charge in [-0.05, 0) is 18.9 Å². The molecule has 1 atom stereocenters. The van der Waals surface area contributed by atoms with Gasteiger partial charge in [0, 0.05) is 25.3 Å². The van der Waals surface area contributed by atoms with Gasteiger partial charge in [-0.25, -0.2) is 8.42 Å². The van der Waals surface area contributed by atoms with Crippen LogP contribution in [0.4, 0.5) is 5.69 Å². The zero-order valence-corrected chi connectivity index (χ0v) is 13.5. The Morgan fingerprint density at radius 1 is 1.32 bits per heavy atom. The van der Waals surface area contributed by atoms with Crippen molar-refractivity contribution in [2.75, 3.05) is 16.4 Å². The third-order valence-corrected chi connectivity index (χ3v) is 5.87. The Bertz CT molecular complexity index is 725. The molecule has 0 N–H and O–H groups in total. The lowest BCUT2D eigenvalue weighted by Gasteiger charge is -2.29. The van der Waals surface area contributed by atoms with Crippen LogP contribution in [0.5, 0.6) is 0 Å². The van der Waals surface area contributed by atoms with E-state index in [9.17, 15) is 8.42 Å². The number of aromatic nitrogens is 2. The summed E-state index contributed by atoms with van der Waals surface area (Å²) in [7, 11) is -2.91. The SMILES string of the molecule is CCn1cc(N(Cc2ccccc2)C2CCS(=O)(=O)C2)cn1. The maximum absolute atomic E-state index is 11.8. The molecule has 1 aliphatic heterocycles. The number of hydrogen-bond donors (Lipinski definition) is 0. The molecule has 6 heteroatoms. The maximum atomic E-state index is 11.8. The fourth-order valence-corrected chi connectivity index (χ4v) is 4.64. The first-order valence-electron chi connectivity index (χ1n) is 7.61. The Morgan fingerprint density at radius 2 is 2.09 bits per heavy atom. The summed E-state index contributed by atoms with van der Waals surface area (Å²) >= 11 is 0. The van der Waals surface area contributed by atoms with Crippen molar-refractivity contribution in [2.45, 2.75) is 32.5 Å². The van der Waals surface area contributed by atoms with E-state index in [1.165, 1.54) is 5.56 Å². The Morgan fingerprint density at radius 3 is 2.68 bits per heavy atom. The predicted octanol–water partition coefficient (Wildman–Crippen LogP) is 2.10. The Labute approximate surface area is 131 Å². The second kappa shape index (κ2) is 6.12. The minimum Gasteiger partial charge on any atom is -0.361 e. The lowest BCUT2D eigenvalue weighted by Crippen LogP contribution is -2.35. The van der Waals surface area contributed by atoms with Gasteiger partial charge < -0.3 is 4.90 Å². The highest BCUT2D eigenvalue weighted by atomic mass is 32.2. The molecule has 1 fully saturated rings. The van der Waals surface area contributed by atoms with E-state index in [1.54, 1.807) is 0 Å². The molecule has 0 spiro atoms. The van der Waals surface area contributed by atoms with Crippen molar-refractivity contribution in [2.24, 2.45) is 0 Å². The molecule has 118 valence electrons. The van der Waals surface area contributed by atoms with Crippen molar-refractivity contribution in [3.63, 3.8) is 0 Å². The van der Waals surface area contributed by atoms with Crippen molar-refractivity contribution < 1.29 is 8.42 Å². The molecule has 1 aromatic carbocycles. The van der Waals surface area contributed by atoms with Gasteiger partial charge in [-0.1, -0.05) is 30.3 Å². The number of benzene rings is 1. The minimum atomic E-state index is -2.91. The minimum absolute atomic E-state index is 0.0275. The van der Waals surface area contributed by atoms with Crippen LogP contribution in [0.15, 0.2) is 42.7 Å². The first-order chi connectivity index (χ1) is 10.6. The zero-order valence-electron chi connectivity index (χ0n) is 12.7. The average Bonchev–Trinajstić information content (AvgIpc) is 3.12. The number of hydrogen-bond acceptors (Lipinski definition) is 4. The summed E-state index contributed by atoms with van der Waals surface area (Å²) < 4.78 is 25.6. The molecular weight excluding hydrogens is 298 g/mol. The molecule has 1 unspecified atom stereocenters. The molecule has 0 saturated carbocycles. The number of anilines is 1. The molecule has 0 bridgehead atoms. The Hall–Kier alpha value is -1.82. The number of aryl methyl sites for hydroxylation is 1. The van der Waals surface area contributed by atoms with E-state index in [0.29, 0.717) is 13.0 Å². The summed E-state index contributed by atoms with van der Waals surface area (Å²) in [4.78, 5) is 2.18. The molecule has 22 heavy (non-hydrogen) atoms. The van der Waals surface area contributed by atoms with Gasteiger partial charge in [0.1, 0.15) is 0 Å². The molecule has 2 aromatic rings. The topological polar surface area (TPSA) is 55.2 Å². The fourth-order valence-electron chi connectivity index (χ4n) is 2.91. The molecule has 1 aliphatic rings. The van der Waals surface area contributed by atoms with Gasteiger partial charge >= 0.3 is 0 Å². The Balaban J connectivity index is 1.88. The summed E-state index contributed by atoms with van der Waals surface area (Å²) in [6.07, 6.45) is 4.51. The van der Waals surface area contributed by atoms with E-state index in [0.717, 1.165) is 12.2 Å². The van der Waals surface area contributed by atoms with E-state index in [2.05, 4.69) is 22.1 Å². The van der Waals surface area contributed by atoms with Gasteiger partial charge in [0.2, 0.25) is 0 Å². The third kappa shape index (κ3) is 3.32. The largest absolute Gasteiger partial charge is 0.361 e. The fraction of sp³-hybridized carbons (Fsp3) is 0.438. The Kier molecular flexibility index (Phi) is 4.20. The molecule has 3 rings (SSSR count). The highest BCUT2D eigenvalue weighted by Crippen LogP contribution is 2.26. The van der Waals surface area contributed by atoms with Gasteiger partial charge in [0.05, 0.1) is 23.4 Å². The van der Waals surface area contributed by atoms with Crippen molar-refractivity contribution >= 4 is 15.5 Å². The monoisotopic (exact) mass is 319 g/mol. The molecule has 0 radical (unpaired) electrons. The highest BCUT2D eigenvalue weighted by Gasteiger charge is 2.33. The first kappa shape index (κ1) is 15.1.